The van der Waals surface area contributed by atoms with Crippen molar-refractivity contribution in [2.24, 2.45) is 0 Å². The van der Waals surface area contributed by atoms with Crippen LogP contribution in [0, 0.1) is 0 Å². The summed E-state index contributed by atoms with van der Waals surface area (Å²) in [7, 11) is 0. The van der Waals surface area contributed by atoms with Gasteiger partial charge in [-0.2, -0.15) is 10.1 Å². The van der Waals surface area contributed by atoms with Crippen LogP contribution in [0.15, 0.2) is 40.9 Å². The van der Waals surface area contributed by atoms with Gasteiger partial charge in [0.15, 0.2) is 5.82 Å². The van der Waals surface area contributed by atoms with Gasteiger partial charge in [0.05, 0.1) is 11.4 Å². The molecule has 0 fully saturated rings. The number of rotatable bonds is 7. The largest absolute Gasteiger partial charge is 0.356 e. The number of hydrogen-bond acceptors (Lipinski definition) is 6. The van der Waals surface area contributed by atoms with Crippen LogP contribution >= 0.6 is 0 Å². The van der Waals surface area contributed by atoms with Crippen molar-refractivity contribution in [1.82, 2.24) is 30.6 Å². The number of nitrogens with one attached hydrogen (secondary N) is 2. The Balaban J connectivity index is 1.21. The fourth-order valence-electron chi connectivity index (χ4n) is 3.24. The third-order valence-electron chi connectivity index (χ3n) is 4.71. The zero-order valence-electron chi connectivity index (χ0n) is 15.7. The van der Waals surface area contributed by atoms with Gasteiger partial charge < -0.3 is 15.2 Å². The van der Waals surface area contributed by atoms with E-state index in [2.05, 4.69) is 31.9 Å². The zero-order valence-corrected chi connectivity index (χ0v) is 15.7. The number of hydrogen-bond donors (Lipinski definition) is 2. The van der Waals surface area contributed by atoms with Crippen molar-refractivity contribution in [2.45, 2.75) is 38.8 Å². The van der Waals surface area contributed by atoms with E-state index in [-0.39, 0.29) is 5.91 Å². The summed E-state index contributed by atoms with van der Waals surface area (Å²) >= 11 is 0. The van der Waals surface area contributed by atoms with Crippen molar-refractivity contribution in [2.75, 3.05) is 13.1 Å². The van der Waals surface area contributed by atoms with Crippen LogP contribution in [-0.4, -0.2) is 38.9 Å². The minimum absolute atomic E-state index is 0.00750. The summed E-state index contributed by atoms with van der Waals surface area (Å²) < 4.78 is 7.32. The number of fused-ring (bicyclic) bond motifs is 1. The number of benzene rings is 1. The lowest BCUT2D eigenvalue weighted by Gasteiger charge is -2.02. The van der Waals surface area contributed by atoms with Gasteiger partial charge in [0, 0.05) is 44.5 Å². The van der Waals surface area contributed by atoms with E-state index in [4.69, 9.17) is 4.52 Å². The van der Waals surface area contributed by atoms with Crippen molar-refractivity contribution in [3.63, 3.8) is 0 Å². The van der Waals surface area contributed by atoms with Crippen LogP contribution in [0.1, 0.15) is 30.1 Å². The minimum Gasteiger partial charge on any atom is -0.356 e. The van der Waals surface area contributed by atoms with Crippen molar-refractivity contribution in [3.05, 3.63) is 53.6 Å². The number of nitrogens with zero attached hydrogens (tertiary/aromatic N) is 4. The highest BCUT2D eigenvalue weighted by atomic mass is 16.5. The molecule has 28 heavy (non-hydrogen) atoms. The Bertz CT molecular complexity index is 894. The average molecular weight is 380 g/mol. The molecular formula is C20H24N6O2. The van der Waals surface area contributed by atoms with E-state index in [9.17, 15) is 4.79 Å². The van der Waals surface area contributed by atoms with Crippen molar-refractivity contribution >= 4 is 5.91 Å². The summed E-state index contributed by atoms with van der Waals surface area (Å²) in [5.41, 5.74) is 3.05. The summed E-state index contributed by atoms with van der Waals surface area (Å²) in [6.07, 6.45) is 2.68. The Morgan fingerprint density at radius 3 is 3.04 bits per heavy atom. The first kappa shape index (κ1) is 18.4. The average Bonchev–Trinajstić information content (AvgIpc) is 3.29. The fraction of sp³-hybridized carbons (Fsp3) is 0.400. The maximum atomic E-state index is 12.1. The van der Waals surface area contributed by atoms with Crippen molar-refractivity contribution < 1.29 is 9.32 Å². The van der Waals surface area contributed by atoms with E-state index < -0.39 is 0 Å². The van der Waals surface area contributed by atoms with Crippen molar-refractivity contribution in [1.29, 1.82) is 0 Å². The monoisotopic (exact) mass is 380 g/mol. The van der Waals surface area contributed by atoms with Crippen LogP contribution in [-0.2, 0) is 30.7 Å². The maximum Gasteiger partial charge on any atom is 0.257 e. The number of aromatic nitrogens is 4. The fourth-order valence-corrected chi connectivity index (χ4v) is 3.24. The van der Waals surface area contributed by atoms with Gasteiger partial charge in [-0.15, -0.1) is 0 Å². The number of carbonyl (C=O) groups excluding carboxylic acids is 1. The first-order valence-electron chi connectivity index (χ1n) is 9.69. The first-order chi connectivity index (χ1) is 13.8. The standard InChI is InChI=1S/C20H24N6O2/c27-19(8-7-16-13-17-14-21-10-4-12-26(17)24-16)22-11-9-18-23-20(28-25-18)15-5-2-1-3-6-15/h1-3,5-6,13,21H,4,7-12,14H2,(H,22,27). The van der Waals surface area contributed by atoms with Gasteiger partial charge in [-0.05, 0) is 31.2 Å². The van der Waals surface area contributed by atoms with E-state index in [0.29, 0.717) is 37.5 Å². The molecule has 0 saturated heterocycles. The number of amides is 1. The molecule has 2 N–H and O–H groups in total. The van der Waals surface area contributed by atoms with E-state index in [1.165, 1.54) is 5.69 Å². The van der Waals surface area contributed by atoms with Crippen molar-refractivity contribution in [3.8, 4) is 11.5 Å². The molecule has 0 aliphatic carbocycles. The molecule has 0 radical (unpaired) electrons. The predicted octanol–water partition coefficient (Wildman–Crippen LogP) is 1.72. The lowest BCUT2D eigenvalue weighted by Crippen LogP contribution is -2.26. The predicted molar refractivity (Wildman–Crippen MR) is 103 cm³/mol. The summed E-state index contributed by atoms with van der Waals surface area (Å²) in [6.45, 7) is 3.28. The topological polar surface area (TPSA) is 97.9 Å². The van der Waals surface area contributed by atoms with Gasteiger partial charge >= 0.3 is 0 Å². The molecule has 1 aliphatic heterocycles. The minimum atomic E-state index is 0.00750. The Labute approximate surface area is 163 Å². The molecule has 0 bridgehead atoms. The maximum absolute atomic E-state index is 12.1. The molecule has 8 heteroatoms. The lowest BCUT2D eigenvalue weighted by molar-refractivity contribution is -0.121. The van der Waals surface area contributed by atoms with Crippen LogP contribution in [0.3, 0.4) is 0 Å². The summed E-state index contributed by atoms with van der Waals surface area (Å²) in [6, 6.07) is 11.7. The SMILES string of the molecule is O=C(CCc1cc2n(n1)CCCNC2)NCCc1noc(-c2ccccc2)n1. The third-order valence-corrected chi connectivity index (χ3v) is 4.71. The van der Waals surface area contributed by atoms with E-state index in [1.54, 1.807) is 0 Å². The Hall–Kier alpha value is -3.00. The third kappa shape index (κ3) is 4.64. The van der Waals surface area contributed by atoms with Crippen LogP contribution in [0.25, 0.3) is 11.5 Å². The molecular weight excluding hydrogens is 356 g/mol. The highest BCUT2D eigenvalue weighted by molar-refractivity contribution is 5.76. The van der Waals surface area contributed by atoms with Crippen LogP contribution < -0.4 is 10.6 Å². The second kappa shape index (κ2) is 8.79. The number of carbonyl (C=O) groups is 1. The van der Waals surface area contributed by atoms with E-state index in [1.807, 2.05) is 35.0 Å². The molecule has 3 heterocycles. The van der Waals surface area contributed by atoms with Crippen LogP contribution in [0.2, 0.25) is 0 Å². The van der Waals surface area contributed by atoms with Gasteiger partial charge in [0.2, 0.25) is 5.91 Å². The molecule has 1 aromatic carbocycles. The highest BCUT2D eigenvalue weighted by Crippen LogP contribution is 2.16. The lowest BCUT2D eigenvalue weighted by atomic mass is 10.2. The second-order valence-electron chi connectivity index (χ2n) is 6.86. The first-order valence-corrected chi connectivity index (χ1v) is 9.69. The molecule has 0 atom stereocenters. The zero-order chi connectivity index (χ0) is 19.2. The molecule has 146 valence electrons. The Kier molecular flexibility index (Phi) is 5.77. The molecule has 4 rings (SSSR count). The van der Waals surface area contributed by atoms with E-state index in [0.717, 1.165) is 37.3 Å². The van der Waals surface area contributed by atoms with Crippen LogP contribution in [0.4, 0.5) is 0 Å². The quantitative estimate of drug-likeness (QED) is 0.648. The molecule has 0 spiro atoms. The molecule has 1 aliphatic rings. The van der Waals surface area contributed by atoms with Gasteiger partial charge in [0.25, 0.3) is 5.89 Å². The smallest absolute Gasteiger partial charge is 0.257 e. The number of aryl methyl sites for hydroxylation is 2. The Morgan fingerprint density at radius 1 is 1.25 bits per heavy atom. The summed E-state index contributed by atoms with van der Waals surface area (Å²) in [5, 5.41) is 14.9. The normalized spacial score (nSPS) is 13.7. The van der Waals surface area contributed by atoms with E-state index >= 15 is 0 Å². The summed E-state index contributed by atoms with van der Waals surface area (Å²) in [5.74, 6) is 1.09. The van der Waals surface area contributed by atoms with Gasteiger partial charge in [-0.3, -0.25) is 9.48 Å². The molecule has 2 aromatic heterocycles. The molecule has 1 amide bonds. The highest BCUT2D eigenvalue weighted by Gasteiger charge is 2.12. The second-order valence-corrected chi connectivity index (χ2v) is 6.86. The summed E-state index contributed by atoms with van der Waals surface area (Å²) in [4.78, 5) is 16.5. The molecule has 0 unspecified atom stereocenters. The molecule has 0 saturated carbocycles. The van der Waals surface area contributed by atoms with Gasteiger partial charge in [0.1, 0.15) is 0 Å². The van der Waals surface area contributed by atoms with Crippen LogP contribution in [0.5, 0.6) is 0 Å². The molecule has 8 nitrogen and oxygen atoms in total. The Morgan fingerprint density at radius 2 is 2.14 bits per heavy atom. The van der Waals surface area contributed by atoms with Gasteiger partial charge in [-0.1, -0.05) is 23.4 Å². The molecule has 3 aromatic rings. The van der Waals surface area contributed by atoms with Gasteiger partial charge in [-0.25, -0.2) is 0 Å².